The van der Waals surface area contributed by atoms with Crippen LogP contribution in [0.15, 0.2) is 23.3 Å². The van der Waals surface area contributed by atoms with E-state index in [1.807, 2.05) is 13.1 Å². The lowest BCUT2D eigenvalue weighted by Gasteiger charge is -2.13. The second-order valence-electron chi connectivity index (χ2n) is 3.01. The van der Waals surface area contributed by atoms with Crippen LogP contribution in [0.5, 0.6) is 0 Å². The molecule has 2 nitrogen and oxygen atoms in total. The molecule has 0 spiro atoms. The molecule has 0 aromatic carbocycles. The molecule has 0 fully saturated rings. The second-order valence-corrected chi connectivity index (χ2v) is 3.01. The van der Waals surface area contributed by atoms with Crippen molar-refractivity contribution in [3.63, 3.8) is 0 Å². The standard InChI is InChI=1S/C10H15NO/c1-8(12)10-6-4-3-5-9(10)7-11-2/h5-6,11H,3-4,7H2,1-2H3. The van der Waals surface area contributed by atoms with E-state index in [-0.39, 0.29) is 5.78 Å². The van der Waals surface area contributed by atoms with Gasteiger partial charge in [0, 0.05) is 12.1 Å². The van der Waals surface area contributed by atoms with Crippen molar-refractivity contribution < 1.29 is 4.79 Å². The van der Waals surface area contributed by atoms with Crippen LogP contribution in [-0.4, -0.2) is 19.4 Å². The number of hydrogen-bond acceptors (Lipinski definition) is 2. The quantitative estimate of drug-likeness (QED) is 0.685. The summed E-state index contributed by atoms with van der Waals surface area (Å²) in [4.78, 5) is 11.1. The average molecular weight is 165 g/mol. The van der Waals surface area contributed by atoms with Crippen molar-refractivity contribution in [3.05, 3.63) is 23.3 Å². The molecular formula is C10H15NO. The Balaban J connectivity index is 2.75. The van der Waals surface area contributed by atoms with Gasteiger partial charge in [0.1, 0.15) is 0 Å². The lowest BCUT2D eigenvalue weighted by atomic mass is 9.95. The highest BCUT2D eigenvalue weighted by molar-refractivity contribution is 5.97. The first-order chi connectivity index (χ1) is 5.75. The molecule has 0 bridgehead atoms. The number of carbonyl (C=O) groups excluding carboxylic acids is 1. The predicted octanol–water partition coefficient (Wildman–Crippen LogP) is 1.44. The zero-order valence-electron chi connectivity index (χ0n) is 7.68. The maximum absolute atomic E-state index is 11.1. The summed E-state index contributed by atoms with van der Waals surface area (Å²) in [6.45, 7) is 2.42. The molecule has 12 heavy (non-hydrogen) atoms. The third-order valence-electron chi connectivity index (χ3n) is 2.00. The summed E-state index contributed by atoms with van der Waals surface area (Å²) in [5.74, 6) is 0.177. The Morgan fingerprint density at radius 1 is 1.50 bits per heavy atom. The zero-order chi connectivity index (χ0) is 8.97. The first-order valence-corrected chi connectivity index (χ1v) is 4.31. The van der Waals surface area contributed by atoms with Crippen LogP contribution in [0, 0.1) is 0 Å². The molecule has 0 aromatic rings. The van der Waals surface area contributed by atoms with Crippen LogP contribution in [0.3, 0.4) is 0 Å². The topological polar surface area (TPSA) is 29.1 Å². The number of nitrogens with one attached hydrogen (secondary N) is 1. The number of hydrogen-bond donors (Lipinski definition) is 1. The van der Waals surface area contributed by atoms with Crippen LogP contribution in [0.25, 0.3) is 0 Å². The van der Waals surface area contributed by atoms with Gasteiger partial charge in [0.15, 0.2) is 5.78 Å². The molecular weight excluding hydrogens is 150 g/mol. The second kappa shape index (κ2) is 4.21. The lowest BCUT2D eigenvalue weighted by Crippen LogP contribution is -2.16. The smallest absolute Gasteiger partial charge is 0.159 e. The molecule has 2 heteroatoms. The van der Waals surface area contributed by atoms with Gasteiger partial charge in [0.2, 0.25) is 0 Å². The van der Waals surface area contributed by atoms with Gasteiger partial charge in [-0.1, -0.05) is 12.2 Å². The Morgan fingerprint density at radius 2 is 2.17 bits per heavy atom. The summed E-state index contributed by atoms with van der Waals surface area (Å²) in [7, 11) is 1.90. The highest BCUT2D eigenvalue weighted by Crippen LogP contribution is 2.18. The summed E-state index contributed by atoms with van der Waals surface area (Å²) in [5.41, 5.74) is 2.05. The Kier molecular flexibility index (Phi) is 3.23. The van der Waals surface area contributed by atoms with E-state index in [2.05, 4.69) is 11.4 Å². The number of likely N-dealkylation sites (N-methyl/N-ethyl adjacent to an activating group) is 1. The molecule has 0 heterocycles. The Morgan fingerprint density at radius 3 is 2.75 bits per heavy atom. The van der Waals surface area contributed by atoms with Gasteiger partial charge in [0.25, 0.3) is 0 Å². The van der Waals surface area contributed by atoms with E-state index in [0.29, 0.717) is 0 Å². The van der Waals surface area contributed by atoms with Crippen molar-refractivity contribution in [2.24, 2.45) is 0 Å². The zero-order valence-corrected chi connectivity index (χ0v) is 7.68. The van der Waals surface area contributed by atoms with Crippen molar-refractivity contribution >= 4 is 5.78 Å². The van der Waals surface area contributed by atoms with E-state index in [1.54, 1.807) is 6.92 Å². The SMILES string of the molecule is CNCC1=CCCC=C1C(C)=O. The van der Waals surface area contributed by atoms with Crippen molar-refractivity contribution in [1.82, 2.24) is 5.32 Å². The molecule has 0 saturated carbocycles. The third-order valence-corrected chi connectivity index (χ3v) is 2.00. The monoisotopic (exact) mass is 165 g/mol. The van der Waals surface area contributed by atoms with E-state index in [4.69, 9.17) is 0 Å². The number of ketones is 1. The predicted molar refractivity (Wildman–Crippen MR) is 50.0 cm³/mol. The van der Waals surface area contributed by atoms with Crippen LogP contribution in [-0.2, 0) is 4.79 Å². The molecule has 66 valence electrons. The first-order valence-electron chi connectivity index (χ1n) is 4.31. The van der Waals surface area contributed by atoms with Crippen LogP contribution in [0.2, 0.25) is 0 Å². The van der Waals surface area contributed by atoms with Crippen LogP contribution >= 0.6 is 0 Å². The Hall–Kier alpha value is -0.890. The summed E-state index contributed by atoms with van der Waals surface area (Å²) in [6.07, 6.45) is 6.25. The van der Waals surface area contributed by atoms with E-state index < -0.39 is 0 Å². The van der Waals surface area contributed by atoms with Crippen molar-refractivity contribution in [3.8, 4) is 0 Å². The molecule has 0 unspecified atom stereocenters. The lowest BCUT2D eigenvalue weighted by molar-refractivity contribution is -0.113. The minimum Gasteiger partial charge on any atom is -0.316 e. The fourth-order valence-corrected chi connectivity index (χ4v) is 1.45. The number of allylic oxidation sites excluding steroid dienone is 2. The maximum atomic E-state index is 11.1. The van der Waals surface area contributed by atoms with Gasteiger partial charge >= 0.3 is 0 Å². The Bertz CT molecular complexity index is 238. The van der Waals surface area contributed by atoms with Gasteiger partial charge in [-0.15, -0.1) is 0 Å². The summed E-state index contributed by atoms with van der Waals surface area (Å²) in [5, 5.41) is 3.06. The van der Waals surface area contributed by atoms with Crippen molar-refractivity contribution in [2.45, 2.75) is 19.8 Å². The average Bonchev–Trinajstić information content (AvgIpc) is 2.05. The van der Waals surface area contributed by atoms with E-state index >= 15 is 0 Å². The number of rotatable bonds is 3. The summed E-state index contributed by atoms with van der Waals surface area (Å²) >= 11 is 0. The van der Waals surface area contributed by atoms with E-state index in [9.17, 15) is 4.79 Å². The van der Waals surface area contributed by atoms with Crippen LogP contribution < -0.4 is 5.32 Å². The van der Waals surface area contributed by atoms with Gasteiger partial charge in [-0.05, 0) is 32.4 Å². The van der Waals surface area contributed by atoms with Gasteiger partial charge in [-0.3, -0.25) is 4.79 Å². The fourth-order valence-electron chi connectivity index (χ4n) is 1.45. The minimum absolute atomic E-state index is 0.177. The molecule has 0 amide bonds. The number of Topliss-reactive ketones (excluding diaryl/α,β-unsaturated/α-hetero) is 1. The molecule has 0 radical (unpaired) electrons. The van der Waals surface area contributed by atoms with Crippen molar-refractivity contribution in [1.29, 1.82) is 0 Å². The highest BCUT2D eigenvalue weighted by Gasteiger charge is 2.11. The largest absolute Gasteiger partial charge is 0.316 e. The first kappa shape index (κ1) is 9.20. The Labute approximate surface area is 73.4 Å². The molecule has 1 aliphatic carbocycles. The molecule has 1 N–H and O–H groups in total. The molecule has 0 aliphatic heterocycles. The van der Waals surface area contributed by atoms with Crippen molar-refractivity contribution in [2.75, 3.05) is 13.6 Å². The van der Waals surface area contributed by atoms with E-state index in [1.165, 1.54) is 0 Å². The summed E-state index contributed by atoms with van der Waals surface area (Å²) < 4.78 is 0. The normalized spacial score (nSPS) is 16.8. The van der Waals surface area contributed by atoms with Crippen LogP contribution in [0.1, 0.15) is 19.8 Å². The minimum atomic E-state index is 0.177. The maximum Gasteiger partial charge on any atom is 0.159 e. The third kappa shape index (κ3) is 2.05. The number of carbonyl (C=O) groups is 1. The van der Waals surface area contributed by atoms with Gasteiger partial charge in [-0.25, -0.2) is 0 Å². The molecule has 0 atom stereocenters. The molecule has 1 rings (SSSR count). The fraction of sp³-hybridized carbons (Fsp3) is 0.500. The highest BCUT2D eigenvalue weighted by atomic mass is 16.1. The molecule has 0 aromatic heterocycles. The van der Waals surface area contributed by atoms with Gasteiger partial charge < -0.3 is 5.32 Å². The summed E-state index contributed by atoms with van der Waals surface area (Å²) in [6, 6.07) is 0. The van der Waals surface area contributed by atoms with Gasteiger partial charge in [-0.2, -0.15) is 0 Å². The van der Waals surface area contributed by atoms with Crippen LogP contribution in [0.4, 0.5) is 0 Å². The van der Waals surface area contributed by atoms with E-state index in [0.717, 1.165) is 30.5 Å². The molecule has 0 saturated heterocycles. The van der Waals surface area contributed by atoms with Gasteiger partial charge in [0.05, 0.1) is 0 Å². The molecule has 1 aliphatic rings.